The Labute approximate surface area is 110 Å². The van der Waals surface area contributed by atoms with E-state index in [4.69, 9.17) is 4.52 Å². The van der Waals surface area contributed by atoms with E-state index in [-0.39, 0.29) is 17.8 Å². The third-order valence-electron chi connectivity index (χ3n) is 3.15. The second-order valence-corrected chi connectivity index (χ2v) is 4.58. The van der Waals surface area contributed by atoms with Crippen LogP contribution in [0.2, 0.25) is 0 Å². The van der Waals surface area contributed by atoms with Gasteiger partial charge in [0.1, 0.15) is 0 Å². The Hall–Kier alpha value is -2.37. The monoisotopic (exact) mass is 258 g/mol. The van der Waals surface area contributed by atoms with Gasteiger partial charge >= 0.3 is 6.01 Å². The van der Waals surface area contributed by atoms with Crippen LogP contribution >= 0.6 is 0 Å². The normalized spacial score (nSPS) is 17.4. The lowest BCUT2D eigenvalue weighted by Crippen LogP contribution is -2.33. The van der Waals surface area contributed by atoms with E-state index in [1.54, 1.807) is 6.92 Å². The van der Waals surface area contributed by atoms with Crippen LogP contribution in [0.15, 0.2) is 28.8 Å². The number of para-hydroxylation sites is 1. The number of nitrogens with zero attached hydrogens (tertiary/aromatic N) is 2. The number of hydrogen-bond donors (Lipinski definition) is 2. The summed E-state index contributed by atoms with van der Waals surface area (Å²) in [5, 5.41) is 9.54. The van der Waals surface area contributed by atoms with E-state index in [0.717, 1.165) is 11.3 Å². The Balaban J connectivity index is 1.69. The second kappa shape index (κ2) is 4.72. The van der Waals surface area contributed by atoms with E-state index >= 15 is 0 Å². The standard InChI is InChI=1S/C13H14N4O2/c1-8-15-13(19-17-8)16-12(18)10-6-9-4-2-3-5-11(9)14-7-10/h2-5,10,14H,6-7H2,1H3,(H,15,16,17,18). The average molecular weight is 258 g/mol. The van der Waals surface area contributed by atoms with Crippen molar-refractivity contribution in [1.82, 2.24) is 10.1 Å². The Bertz CT molecular complexity index is 608. The highest BCUT2D eigenvalue weighted by Crippen LogP contribution is 2.24. The van der Waals surface area contributed by atoms with Crippen molar-refractivity contribution >= 4 is 17.6 Å². The molecule has 0 saturated heterocycles. The zero-order valence-electron chi connectivity index (χ0n) is 10.5. The molecule has 1 unspecified atom stereocenters. The highest BCUT2D eigenvalue weighted by atomic mass is 16.5. The van der Waals surface area contributed by atoms with Gasteiger partial charge in [-0.3, -0.25) is 10.1 Å². The van der Waals surface area contributed by atoms with Crippen LogP contribution in [0.3, 0.4) is 0 Å². The molecule has 6 heteroatoms. The van der Waals surface area contributed by atoms with E-state index in [2.05, 4.69) is 20.8 Å². The van der Waals surface area contributed by atoms with Crippen LogP contribution in [-0.4, -0.2) is 22.6 Å². The second-order valence-electron chi connectivity index (χ2n) is 4.58. The number of nitrogens with one attached hydrogen (secondary N) is 2. The zero-order valence-corrected chi connectivity index (χ0v) is 10.5. The lowest BCUT2D eigenvalue weighted by molar-refractivity contribution is -0.119. The fraction of sp³-hybridized carbons (Fsp3) is 0.308. The van der Waals surface area contributed by atoms with Gasteiger partial charge in [0.15, 0.2) is 5.82 Å². The minimum Gasteiger partial charge on any atom is -0.384 e. The number of hydrogen-bond acceptors (Lipinski definition) is 5. The number of benzene rings is 1. The number of aryl methyl sites for hydroxylation is 1. The van der Waals surface area contributed by atoms with E-state index < -0.39 is 0 Å². The maximum atomic E-state index is 12.1. The Morgan fingerprint density at radius 2 is 2.32 bits per heavy atom. The predicted molar refractivity (Wildman–Crippen MR) is 69.8 cm³/mol. The topological polar surface area (TPSA) is 80.0 Å². The van der Waals surface area contributed by atoms with E-state index in [0.29, 0.717) is 18.8 Å². The van der Waals surface area contributed by atoms with Crippen LogP contribution in [0.5, 0.6) is 0 Å². The van der Waals surface area contributed by atoms with Crippen molar-refractivity contribution in [1.29, 1.82) is 0 Å². The van der Waals surface area contributed by atoms with Gasteiger partial charge in [-0.25, -0.2) is 0 Å². The van der Waals surface area contributed by atoms with Gasteiger partial charge in [0, 0.05) is 12.2 Å². The molecule has 2 N–H and O–H groups in total. The van der Waals surface area contributed by atoms with Gasteiger partial charge in [0.05, 0.1) is 5.92 Å². The molecule has 1 aromatic heterocycles. The summed E-state index contributed by atoms with van der Waals surface area (Å²) in [5.41, 5.74) is 2.25. The number of aromatic nitrogens is 2. The molecule has 0 aliphatic carbocycles. The molecule has 1 aliphatic heterocycles. The molecule has 0 bridgehead atoms. The molecule has 0 fully saturated rings. The smallest absolute Gasteiger partial charge is 0.328 e. The highest BCUT2D eigenvalue weighted by molar-refractivity contribution is 5.91. The highest BCUT2D eigenvalue weighted by Gasteiger charge is 2.25. The van der Waals surface area contributed by atoms with Crippen LogP contribution in [0.25, 0.3) is 0 Å². The first kappa shape index (κ1) is 11.7. The summed E-state index contributed by atoms with van der Waals surface area (Å²) < 4.78 is 4.88. The van der Waals surface area contributed by atoms with Gasteiger partial charge in [-0.15, -0.1) is 0 Å². The van der Waals surface area contributed by atoms with Crippen LogP contribution in [0.4, 0.5) is 11.7 Å². The molecule has 3 rings (SSSR count). The van der Waals surface area contributed by atoms with Crippen molar-refractivity contribution in [2.45, 2.75) is 13.3 Å². The number of fused-ring (bicyclic) bond motifs is 1. The predicted octanol–water partition coefficient (Wildman–Crippen LogP) is 1.60. The largest absolute Gasteiger partial charge is 0.384 e. The minimum absolute atomic E-state index is 0.106. The summed E-state index contributed by atoms with van der Waals surface area (Å²) in [6.07, 6.45) is 0.710. The van der Waals surface area contributed by atoms with Crippen molar-refractivity contribution < 1.29 is 9.32 Å². The van der Waals surface area contributed by atoms with Crippen molar-refractivity contribution in [2.24, 2.45) is 5.92 Å². The Kier molecular flexibility index (Phi) is 2.91. The molecular formula is C13H14N4O2. The summed E-state index contributed by atoms with van der Waals surface area (Å²) in [5.74, 6) is 0.259. The molecule has 98 valence electrons. The van der Waals surface area contributed by atoms with Crippen LogP contribution < -0.4 is 10.6 Å². The van der Waals surface area contributed by atoms with Gasteiger partial charge < -0.3 is 9.84 Å². The number of rotatable bonds is 2. The Morgan fingerprint density at radius 3 is 3.11 bits per heavy atom. The zero-order chi connectivity index (χ0) is 13.2. The summed E-state index contributed by atoms with van der Waals surface area (Å²) in [7, 11) is 0. The van der Waals surface area contributed by atoms with Gasteiger partial charge in [0.2, 0.25) is 5.91 Å². The van der Waals surface area contributed by atoms with E-state index in [9.17, 15) is 4.79 Å². The summed E-state index contributed by atoms with van der Waals surface area (Å²) in [6, 6.07) is 8.15. The van der Waals surface area contributed by atoms with Crippen LogP contribution in [-0.2, 0) is 11.2 Å². The summed E-state index contributed by atoms with van der Waals surface area (Å²) >= 11 is 0. The molecule has 0 radical (unpaired) electrons. The van der Waals surface area contributed by atoms with Crippen molar-refractivity contribution in [2.75, 3.05) is 17.2 Å². The number of carbonyl (C=O) groups excluding carboxylic acids is 1. The van der Waals surface area contributed by atoms with Gasteiger partial charge in [-0.2, -0.15) is 4.98 Å². The summed E-state index contributed by atoms with van der Waals surface area (Å²) in [4.78, 5) is 16.1. The molecule has 2 aromatic rings. The molecule has 19 heavy (non-hydrogen) atoms. The van der Waals surface area contributed by atoms with Crippen molar-refractivity contribution in [3.05, 3.63) is 35.7 Å². The molecular weight excluding hydrogens is 244 g/mol. The fourth-order valence-electron chi connectivity index (χ4n) is 2.18. The molecule has 0 spiro atoms. The minimum atomic E-state index is -0.137. The van der Waals surface area contributed by atoms with E-state index in [1.165, 1.54) is 0 Å². The van der Waals surface area contributed by atoms with Gasteiger partial charge in [-0.05, 0) is 25.0 Å². The lowest BCUT2D eigenvalue weighted by Gasteiger charge is -2.24. The van der Waals surface area contributed by atoms with Crippen molar-refractivity contribution in [3.8, 4) is 0 Å². The molecule has 1 aromatic carbocycles. The van der Waals surface area contributed by atoms with E-state index in [1.807, 2.05) is 24.3 Å². The fourth-order valence-corrected chi connectivity index (χ4v) is 2.18. The maximum Gasteiger partial charge on any atom is 0.328 e. The first-order valence-corrected chi connectivity index (χ1v) is 6.15. The van der Waals surface area contributed by atoms with Crippen molar-refractivity contribution in [3.63, 3.8) is 0 Å². The first-order valence-electron chi connectivity index (χ1n) is 6.15. The molecule has 0 saturated carbocycles. The third kappa shape index (κ3) is 2.42. The maximum absolute atomic E-state index is 12.1. The van der Waals surface area contributed by atoms with Gasteiger partial charge in [-0.1, -0.05) is 23.4 Å². The van der Waals surface area contributed by atoms with Crippen LogP contribution in [0, 0.1) is 12.8 Å². The number of amides is 1. The third-order valence-corrected chi connectivity index (χ3v) is 3.15. The molecule has 1 amide bonds. The Morgan fingerprint density at radius 1 is 1.47 bits per heavy atom. The molecule has 1 atom stereocenters. The number of anilines is 2. The number of carbonyl (C=O) groups is 1. The van der Waals surface area contributed by atoms with Crippen LogP contribution in [0.1, 0.15) is 11.4 Å². The summed E-state index contributed by atoms with van der Waals surface area (Å²) in [6.45, 7) is 2.31. The first-order chi connectivity index (χ1) is 9.22. The lowest BCUT2D eigenvalue weighted by atomic mass is 9.93. The molecule has 6 nitrogen and oxygen atoms in total. The average Bonchev–Trinajstić information content (AvgIpc) is 2.83. The molecule has 2 heterocycles. The SMILES string of the molecule is Cc1noc(NC(=O)C2CNc3ccccc3C2)n1. The van der Waals surface area contributed by atoms with Gasteiger partial charge in [0.25, 0.3) is 0 Å². The molecule has 1 aliphatic rings. The quantitative estimate of drug-likeness (QED) is 0.855.